The number of esters is 1. The number of carboxylic acids is 1. The van der Waals surface area contributed by atoms with Crippen molar-refractivity contribution in [2.24, 2.45) is 0 Å². The average Bonchev–Trinajstić information content (AvgIpc) is 2.53. The number of ether oxygens (including phenoxy) is 1. The number of aliphatic hydroxyl groups excluding tert-OH is 2. The Hall–Kier alpha value is -2.62. The van der Waals surface area contributed by atoms with E-state index in [9.17, 15) is 30.0 Å². The molecule has 0 unspecified atom stereocenters. The smallest absolute Gasteiger partial charge is 0.335 e. The van der Waals surface area contributed by atoms with Crippen molar-refractivity contribution in [2.45, 2.75) is 36.8 Å². The minimum absolute atomic E-state index is 0.159. The van der Waals surface area contributed by atoms with Crippen molar-refractivity contribution in [3.05, 3.63) is 29.8 Å². The second-order valence-electron chi connectivity index (χ2n) is 5.93. The first-order valence-electron chi connectivity index (χ1n) is 7.41. The molecule has 1 aromatic carbocycles. The van der Waals surface area contributed by atoms with Gasteiger partial charge < -0.3 is 36.0 Å². The van der Waals surface area contributed by atoms with E-state index in [0.717, 1.165) is 6.08 Å². The Balaban J connectivity index is 2.06. The SMILES string of the molecule is Nc1ccc(/C=C/C(=O)O[C@@H]2C[C@](O)(C(=O)O)C[C@@H](O)[C@H]2O)cc1O. The molecule has 136 valence electrons. The van der Waals surface area contributed by atoms with Gasteiger partial charge in [0.25, 0.3) is 0 Å². The van der Waals surface area contributed by atoms with E-state index in [2.05, 4.69) is 0 Å². The third kappa shape index (κ3) is 4.27. The Labute approximate surface area is 142 Å². The molecule has 1 saturated carbocycles. The highest BCUT2D eigenvalue weighted by Gasteiger charge is 2.50. The van der Waals surface area contributed by atoms with Gasteiger partial charge in [-0.25, -0.2) is 9.59 Å². The van der Waals surface area contributed by atoms with Crippen molar-refractivity contribution < 1.29 is 39.9 Å². The lowest BCUT2D eigenvalue weighted by molar-refractivity contribution is -0.196. The Morgan fingerprint density at radius 3 is 2.56 bits per heavy atom. The number of anilines is 1. The summed E-state index contributed by atoms with van der Waals surface area (Å²) in [6, 6.07) is 4.30. The summed E-state index contributed by atoms with van der Waals surface area (Å²) in [5, 5.41) is 48.0. The molecule has 0 spiro atoms. The zero-order chi connectivity index (χ0) is 18.8. The highest BCUT2D eigenvalue weighted by molar-refractivity contribution is 5.87. The predicted molar refractivity (Wildman–Crippen MR) is 85.3 cm³/mol. The molecule has 1 aromatic rings. The number of nitrogens with two attached hydrogens (primary N) is 1. The average molecular weight is 353 g/mol. The molecule has 9 heteroatoms. The second kappa shape index (κ2) is 7.09. The van der Waals surface area contributed by atoms with Crippen molar-refractivity contribution in [1.29, 1.82) is 0 Å². The number of carbonyl (C=O) groups is 2. The minimum atomic E-state index is -2.30. The van der Waals surface area contributed by atoms with Crippen LogP contribution in [0.3, 0.4) is 0 Å². The van der Waals surface area contributed by atoms with Crippen molar-refractivity contribution in [2.75, 3.05) is 5.73 Å². The van der Waals surface area contributed by atoms with Gasteiger partial charge in [0.05, 0.1) is 11.8 Å². The van der Waals surface area contributed by atoms with Gasteiger partial charge in [-0.05, 0) is 23.8 Å². The molecule has 7 N–H and O–H groups in total. The van der Waals surface area contributed by atoms with Crippen molar-refractivity contribution in [3.8, 4) is 5.75 Å². The fraction of sp³-hybridized carbons (Fsp3) is 0.375. The molecular formula is C16H19NO8. The number of carbonyl (C=O) groups excluding carboxylic acids is 1. The fourth-order valence-corrected chi connectivity index (χ4v) is 2.55. The van der Waals surface area contributed by atoms with E-state index in [4.69, 9.17) is 15.6 Å². The van der Waals surface area contributed by atoms with Crippen molar-refractivity contribution in [1.82, 2.24) is 0 Å². The molecule has 25 heavy (non-hydrogen) atoms. The van der Waals surface area contributed by atoms with E-state index in [1.165, 1.54) is 18.2 Å². The van der Waals surface area contributed by atoms with Crippen LogP contribution in [0.15, 0.2) is 24.3 Å². The van der Waals surface area contributed by atoms with E-state index in [0.29, 0.717) is 5.56 Å². The second-order valence-corrected chi connectivity index (χ2v) is 5.93. The summed E-state index contributed by atoms with van der Waals surface area (Å²) >= 11 is 0. The molecule has 1 aliphatic carbocycles. The van der Waals surface area contributed by atoms with Gasteiger partial charge in [-0.15, -0.1) is 0 Å². The molecular weight excluding hydrogens is 334 g/mol. The third-order valence-electron chi connectivity index (χ3n) is 3.99. The van der Waals surface area contributed by atoms with Gasteiger partial charge in [-0.2, -0.15) is 0 Å². The number of aromatic hydroxyl groups is 1. The first-order chi connectivity index (χ1) is 11.6. The van der Waals surface area contributed by atoms with Gasteiger partial charge in [-0.3, -0.25) is 0 Å². The molecule has 0 radical (unpaired) electrons. The molecule has 0 bridgehead atoms. The van der Waals surface area contributed by atoms with Gasteiger partial charge in [0.15, 0.2) is 5.60 Å². The molecule has 4 atom stereocenters. The van der Waals surface area contributed by atoms with E-state index in [-0.39, 0.29) is 11.4 Å². The third-order valence-corrected chi connectivity index (χ3v) is 3.99. The molecule has 0 aromatic heterocycles. The van der Waals surface area contributed by atoms with Crippen LogP contribution in [0.4, 0.5) is 5.69 Å². The lowest BCUT2D eigenvalue weighted by Crippen LogP contribution is -2.57. The lowest BCUT2D eigenvalue weighted by Gasteiger charge is -2.39. The molecule has 1 fully saturated rings. The van der Waals surface area contributed by atoms with Crippen LogP contribution in [0.5, 0.6) is 5.75 Å². The number of hydrogen-bond donors (Lipinski definition) is 6. The molecule has 0 aliphatic heterocycles. The number of carboxylic acid groups (broad SMARTS) is 1. The summed E-state index contributed by atoms with van der Waals surface area (Å²) in [5.41, 5.74) is 3.79. The number of aliphatic carboxylic acids is 1. The van der Waals surface area contributed by atoms with E-state index < -0.39 is 48.7 Å². The number of nitrogen functional groups attached to an aromatic ring is 1. The number of phenols is 1. The van der Waals surface area contributed by atoms with E-state index in [1.807, 2.05) is 0 Å². The van der Waals surface area contributed by atoms with Gasteiger partial charge in [-0.1, -0.05) is 6.07 Å². The van der Waals surface area contributed by atoms with Crippen LogP contribution < -0.4 is 5.73 Å². The summed E-state index contributed by atoms with van der Waals surface area (Å²) in [6.07, 6.45) is -3.26. The first kappa shape index (κ1) is 18.7. The zero-order valence-electron chi connectivity index (χ0n) is 13.1. The summed E-state index contributed by atoms with van der Waals surface area (Å²) in [6.45, 7) is 0. The normalized spacial score (nSPS) is 29.5. The summed E-state index contributed by atoms with van der Waals surface area (Å²) in [7, 11) is 0. The number of benzene rings is 1. The molecule has 1 aliphatic rings. The van der Waals surface area contributed by atoms with Gasteiger partial charge in [0, 0.05) is 18.9 Å². The zero-order valence-corrected chi connectivity index (χ0v) is 13.1. The first-order valence-corrected chi connectivity index (χ1v) is 7.41. The maximum atomic E-state index is 11.9. The van der Waals surface area contributed by atoms with Crippen LogP contribution >= 0.6 is 0 Å². The molecule has 0 saturated heterocycles. The van der Waals surface area contributed by atoms with Gasteiger partial charge >= 0.3 is 11.9 Å². The standard InChI is InChI=1S/C16H19NO8/c17-9-3-1-8(5-10(9)18)2-4-13(20)25-12-7-16(24,15(22)23)6-11(19)14(12)21/h1-5,11-12,14,18-19,21,24H,6-7,17H2,(H,22,23)/b4-2+/t11-,12-,14-,16+/m1/s1. The van der Waals surface area contributed by atoms with Crippen LogP contribution in [0, 0.1) is 0 Å². The van der Waals surface area contributed by atoms with Crippen LogP contribution in [0.25, 0.3) is 6.08 Å². The number of aliphatic hydroxyl groups is 3. The number of hydrogen-bond acceptors (Lipinski definition) is 8. The molecule has 2 rings (SSSR count). The van der Waals surface area contributed by atoms with Crippen LogP contribution in [0.1, 0.15) is 18.4 Å². The highest BCUT2D eigenvalue weighted by Crippen LogP contribution is 2.31. The highest BCUT2D eigenvalue weighted by atomic mass is 16.6. The predicted octanol–water partition coefficient (Wildman–Crippen LogP) is -0.769. The van der Waals surface area contributed by atoms with Crippen LogP contribution in [0.2, 0.25) is 0 Å². The fourth-order valence-electron chi connectivity index (χ4n) is 2.55. The van der Waals surface area contributed by atoms with Gasteiger partial charge in [0.1, 0.15) is 18.0 Å². The monoisotopic (exact) mass is 353 g/mol. The summed E-state index contributed by atoms with van der Waals surface area (Å²) in [4.78, 5) is 23.0. The molecule has 0 amide bonds. The topological polar surface area (TPSA) is 171 Å². The minimum Gasteiger partial charge on any atom is -0.506 e. The quantitative estimate of drug-likeness (QED) is 0.176. The summed E-state index contributed by atoms with van der Waals surface area (Å²) < 4.78 is 4.95. The van der Waals surface area contributed by atoms with Crippen molar-refractivity contribution in [3.63, 3.8) is 0 Å². The van der Waals surface area contributed by atoms with Crippen LogP contribution in [-0.4, -0.2) is 61.4 Å². The van der Waals surface area contributed by atoms with E-state index >= 15 is 0 Å². The number of rotatable bonds is 4. The largest absolute Gasteiger partial charge is 0.506 e. The maximum Gasteiger partial charge on any atom is 0.335 e. The summed E-state index contributed by atoms with van der Waals surface area (Å²) in [5.74, 6) is -2.65. The Morgan fingerprint density at radius 1 is 1.28 bits per heavy atom. The Bertz CT molecular complexity index is 703. The Morgan fingerprint density at radius 2 is 1.96 bits per heavy atom. The number of phenolic OH excluding ortho intramolecular Hbond substituents is 1. The molecule has 9 nitrogen and oxygen atoms in total. The van der Waals surface area contributed by atoms with Crippen molar-refractivity contribution >= 4 is 23.7 Å². The van der Waals surface area contributed by atoms with Gasteiger partial charge in [0.2, 0.25) is 0 Å². The lowest BCUT2D eigenvalue weighted by atomic mass is 9.79. The Kier molecular flexibility index (Phi) is 5.31. The molecule has 0 heterocycles. The van der Waals surface area contributed by atoms with Crippen LogP contribution in [-0.2, 0) is 14.3 Å². The maximum absolute atomic E-state index is 11.9. The van der Waals surface area contributed by atoms with E-state index in [1.54, 1.807) is 6.07 Å².